The Hall–Kier alpha value is -1.61. The fourth-order valence-electron chi connectivity index (χ4n) is 1.71. The molecular formula is C14H18N2O. The largest absolute Gasteiger partial charge is 0.448 e. The molecule has 17 heavy (non-hydrogen) atoms. The van der Waals surface area contributed by atoms with Gasteiger partial charge < -0.3 is 10.2 Å². The van der Waals surface area contributed by atoms with Crippen molar-refractivity contribution < 1.29 is 4.42 Å². The number of oxazole rings is 1. The van der Waals surface area contributed by atoms with E-state index in [4.69, 9.17) is 10.2 Å². The molecule has 3 nitrogen and oxygen atoms in total. The molecule has 2 aromatic rings. The zero-order valence-corrected chi connectivity index (χ0v) is 10.1. The van der Waals surface area contributed by atoms with E-state index in [0.717, 1.165) is 30.8 Å². The van der Waals surface area contributed by atoms with Crippen molar-refractivity contribution in [3.05, 3.63) is 53.2 Å². The van der Waals surface area contributed by atoms with Gasteiger partial charge in [-0.15, -0.1) is 0 Å². The van der Waals surface area contributed by atoms with Crippen LogP contribution in [-0.4, -0.2) is 11.5 Å². The van der Waals surface area contributed by atoms with Crippen LogP contribution in [0.15, 0.2) is 34.9 Å². The Kier molecular flexibility index (Phi) is 3.94. The van der Waals surface area contributed by atoms with Gasteiger partial charge in [0, 0.05) is 6.42 Å². The number of aryl methyl sites for hydroxylation is 2. The zero-order valence-electron chi connectivity index (χ0n) is 10.1. The highest BCUT2D eigenvalue weighted by Crippen LogP contribution is 2.11. The lowest BCUT2D eigenvalue weighted by atomic mass is 10.1. The average molecular weight is 230 g/mol. The maximum Gasteiger partial charge on any atom is 0.198 e. The molecule has 90 valence electrons. The Bertz CT molecular complexity index is 459. The molecule has 0 saturated carbocycles. The number of nitrogens with two attached hydrogens (primary N) is 1. The average Bonchev–Trinajstić information content (AvgIpc) is 2.77. The number of hydrogen-bond donors (Lipinski definition) is 1. The molecule has 2 N–H and O–H groups in total. The molecule has 0 spiro atoms. The van der Waals surface area contributed by atoms with E-state index >= 15 is 0 Å². The molecule has 1 aromatic heterocycles. The van der Waals surface area contributed by atoms with E-state index in [1.165, 1.54) is 11.1 Å². The highest BCUT2D eigenvalue weighted by atomic mass is 16.3. The van der Waals surface area contributed by atoms with E-state index < -0.39 is 0 Å². The van der Waals surface area contributed by atoms with E-state index in [0.29, 0.717) is 6.54 Å². The van der Waals surface area contributed by atoms with Crippen molar-refractivity contribution in [2.75, 3.05) is 6.54 Å². The quantitative estimate of drug-likeness (QED) is 0.858. The number of nitrogens with zero attached hydrogens (tertiary/aromatic N) is 1. The summed E-state index contributed by atoms with van der Waals surface area (Å²) in [6.07, 6.45) is 4.34. The van der Waals surface area contributed by atoms with Crippen molar-refractivity contribution >= 4 is 0 Å². The third-order valence-corrected chi connectivity index (χ3v) is 2.71. The standard InChI is InChI=1S/C14H18N2O/c1-11-4-6-12(7-5-11)9-14-16-13(10-17-14)3-2-8-15/h4-7,10H,2-3,8-9,15H2,1H3. The SMILES string of the molecule is Cc1ccc(Cc2nc(CCCN)co2)cc1. The Morgan fingerprint density at radius 1 is 1.24 bits per heavy atom. The lowest BCUT2D eigenvalue weighted by molar-refractivity contribution is 0.506. The second-order valence-corrected chi connectivity index (χ2v) is 4.29. The molecule has 0 aliphatic heterocycles. The summed E-state index contributed by atoms with van der Waals surface area (Å²) in [4.78, 5) is 4.44. The summed E-state index contributed by atoms with van der Waals surface area (Å²) >= 11 is 0. The number of rotatable bonds is 5. The Morgan fingerprint density at radius 2 is 2.00 bits per heavy atom. The minimum absolute atomic E-state index is 0.695. The van der Waals surface area contributed by atoms with Crippen LogP contribution in [0.5, 0.6) is 0 Å². The molecule has 1 heterocycles. The summed E-state index contributed by atoms with van der Waals surface area (Å²) in [6.45, 7) is 2.78. The number of benzene rings is 1. The molecule has 0 bridgehead atoms. The van der Waals surface area contributed by atoms with Gasteiger partial charge in [-0.25, -0.2) is 4.98 Å². The molecule has 0 aliphatic carbocycles. The van der Waals surface area contributed by atoms with Crippen molar-refractivity contribution in [3.8, 4) is 0 Å². The summed E-state index contributed by atoms with van der Waals surface area (Å²) in [5, 5.41) is 0. The number of hydrogen-bond acceptors (Lipinski definition) is 3. The Labute approximate surface area is 102 Å². The molecule has 0 amide bonds. The van der Waals surface area contributed by atoms with Gasteiger partial charge in [-0.1, -0.05) is 29.8 Å². The minimum Gasteiger partial charge on any atom is -0.448 e. The van der Waals surface area contributed by atoms with Gasteiger partial charge >= 0.3 is 0 Å². The first-order valence-electron chi connectivity index (χ1n) is 5.97. The molecule has 1 aromatic carbocycles. The van der Waals surface area contributed by atoms with Gasteiger partial charge in [-0.05, 0) is 31.9 Å². The van der Waals surface area contributed by atoms with Crippen molar-refractivity contribution in [1.82, 2.24) is 4.98 Å². The maximum absolute atomic E-state index is 5.46. The van der Waals surface area contributed by atoms with Gasteiger partial charge in [0.25, 0.3) is 0 Å². The topological polar surface area (TPSA) is 52.0 Å². The summed E-state index contributed by atoms with van der Waals surface area (Å²) in [5.74, 6) is 0.779. The Balaban J connectivity index is 1.98. The van der Waals surface area contributed by atoms with Gasteiger partial charge in [-0.2, -0.15) is 0 Å². The van der Waals surface area contributed by atoms with Crippen LogP contribution >= 0.6 is 0 Å². The summed E-state index contributed by atoms with van der Waals surface area (Å²) in [6, 6.07) is 8.43. The molecule has 0 aliphatic rings. The van der Waals surface area contributed by atoms with E-state index in [1.807, 2.05) is 0 Å². The predicted molar refractivity (Wildman–Crippen MR) is 67.9 cm³/mol. The lowest BCUT2D eigenvalue weighted by Gasteiger charge is -1.97. The first kappa shape index (κ1) is 11.9. The van der Waals surface area contributed by atoms with Crippen molar-refractivity contribution in [2.45, 2.75) is 26.2 Å². The van der Waals surface area contributed by atoms with Crippen LogP contribution in [0.2, 0.25) is 0 Å². The third kappa shape index (κ3) is 3.43. The van der Waals surface area contributed by atoms with Gasteiger partial charge in [0.2, 0.25) is 0 Å². The van der Waals surface area contributed by atoms with Gasteiger partial charge in [0.05, 0.1) is 5.69 Å². The molecule has 0 fully saturated rings. The summed E-state index contributed by atoms with van der Waals surface area (Å²) in [7, 11) is 0. The maximum atomic E-state index is 5.46. The summed E-state index contributed by atoms with van der Waals surface area (Å²) in [5.41, 5.74) is 8.95. The highest BCUT2D eigenvalue weighted by molar-refractivity contribution is 5.23. The predicted octanol–water partition coefficient (Wildman–Crippen LogP) is 2.47. The first-order chi connectivity index (χ1) is 8.28. The van der Waals surface area contributed by atoms with Crippen molar-refractivity contribution in [3.63, 3.8) is 0 Å². The van der Waals surface area contributed by atoms with Crippen LogP contribution in [0.3, 0.4) is 0 Å². The molecule has 3 heteroatoms. The van der Waals surface area contributed by atoms with E-state index in [1.54, 1.807) is 6.26 Å². The highest BCUT2D eigenvalue weighted by Gasteiger charge is 2.04. The lowest BCUT2D eigenvalue weighted by Crippen LogP contribution is -2.00. The molecule has 2 rings (SSSR count). The molecule has 0 radical (unpaired) electrons. The first-order valence-corrected chi connectivity index (χ1v) is 5.97. The van der Waals surface area contributed by atoms with E-state index in [-0.39, 0.29) is 0 Å². The molecule has 0 atom stereocenters. The van der Waals surface area contributed by atoms with Gasteiger partial charge in [0.15, 0.2) is 5.89 Å². The van der Waals surface area contributed by atoms with Crippen LogP contribution in [0.4, 0.5) is 0 Å². The molecular weight excluding hydrogens is 212 g/mol. The van der Waals surface area contributed by atoms with E-state index in [2.05, 4.69) is 36.2 Å². The Morgan fingerprint density at radius 3 is 2.71 bits per heavy atom. The second kappa shape index (κ2) is 5.64. The van der Waals surface area contributed by atoms with E-state index in [9.17, 15) is 0 Å². The smallest absolute Gasteiger partial charge is 0.198 e. The molecule has 0 saturated heterocycles. The fourth-order valence-corrected chi connectivity index (χ4v) is 1.71. The van der Waals surface area contributed by atoms with Gasteiger partial charge in [-0.3, -0.25) is 0 Å². The van der Waals surface area contributed by atoms with Crippen LogP contribution in [0, 0.1) is 6.92 Å². The van der Waals surface area contributed by atoms with Crippen LogP contribution in [0.1, 0.15) is 29.1 Å². The van der Waals surface area contributed by atoms with Crippen molar-refractivity contribution in [1.29, 1.82) is 0 Å². The van der Waals surface area contributed by atoms with Crippen molar-refractivity contribution in [2.24, 2.45) is 5.73 Å². The van der Waals surface area contributed by atoms with Crippen LogP contribution in [0.25, 0.3) is 0 Å². The molecule has 0 unspecified atom stereocenters. The normalized spacial score (nSPS) is 10.7. The fraction of sp³-hybridized carbons (Fsp3) is 0.357. The zero-order chi connectivity index (χ0) is 12.1. The number of aromatic nitrogens is 1. The minimum atomic E-state index is 0.695. The van der Waals surface area contributed by atoms with Crippen LogP contribution in [-0.2, 0) is 12.8 Å². The second-order valence-electron chi connectivity index (χ2n) is 4.29. The van der Waals surface area contributed by atoms with Crippen LogP contribution < -0.4 is 5.73 Å². The third-order valence-electron chi connectivity index (χ3n) is 2.71. The monoisotopic (exact) mass is 230 g/mol. The summed E-state index contributed by atoms with van der Waals surface area (Å²) < 4.78 is 5.44. The van der Waals surface area contributed by atoms with Gasteiger partial charge in [0.1, 0.15) is 6.26 Å².